The lowest BCUT2D eigenvalue weighted by Crippen LogP contribution is -2.66. The fraction of sp³-hybridized carbons (Fsp3) is 1.00. The molecular weight excluding hydrogens is 624 g/mol. The van der Waals surface area contributed by atoms with Gasteiger partial charge in [-0.3, -0.25) is 0 Å². The summed E-state index contributed by atoms with van der Waals surface area (Å²) in [4.78, 5) is 0. The van der Waals surface area contributed by atoms with Crippen molar-refractivity contribution in [1.82, 2.24) is 0 Å². The Morgan fingerprint density at radius 3 is 1.24 bits per heavy atom. The smallest absolute Gasteiger partial charge is 0.187 e. The highest BCUT2D eigenvalue weighted by Crippen LogP contribution is 2.32. The molecule has 0 aromatic heterocycles. The SMILES string of the molecule is OC[C@H]1O[C@H](O[C@@H]2[C@H](O)[C@@H](OC[C@H]3O[C@@H](O)[C@@H](O)[C@@H](O[C@H]4O[C@H](CO)[C@@H](O)[C@H](O)[C@@H]4O)[C@@H]3O)O[C@H](CO)[C@H]2O)[C@@H](O)[C@@H](O)[C@@H]1O. The molecule has 0 radical (unpaired) electrons. The van der Waals surface area contributed by atoms with Gasteiger partial charge in [0, 0.05) is 0 Å². The Hall–Kier alpha value is -0.840. The molecule has 14 N–H and O–H groups in total. The minimum absolute atomic E-state index is 0.734. The predicted octanol–water partition coefficient (Wildman–Crippen LogP) is -9.75. The molecule has 0 aromatic rings. The second kappa shape index (κ2) is 15.6. The summed E-state index contributed by atoms with van der Waals surface area (Å²) >= 11 is 0. The normalized spacial score (nSPS) is 52.9. The summed E-state index contributed by atoms with van der Waals surface area (Å²) in [5.41, 5.74) is 0. The van der Waals surface area contributed by atoms with Crippen LogP contribution in [-0.4, -0.2) is 221 Å². The van der Waals surface area contributed by atoms with Crippen LogP contribution in [0, 0.1) is 0 Å². The van der Waals surface area contributed by atoms with E-state index in [1.54, 1.807) is 0 Å². The third-order valence-corrected chi connectivity index (χ3v) is 8.19. The van der Waals surface area contributed by atoms with Crippen LogP contribution in [0.4, 0.5) is 0 Å². The zero-order chi connectivity index (χ0) is 33.3. The maximum absolute atomic E-state index is 10.9. The Morgan fingerprint density at radius 2 is 0.778 bits per heavy atom. The second-order valence-corrected chi connectivity index (χ2v) is 11.2. The van der Waals surface area contributed by atoms with Gasteiger partial charge < -0.3 is 105 Å². The largest absolute Gasteiger partial charge is 0.394 e. The molecular formula is C24H42O21. The molecule has 0 bridgehead atoms. The van der Waals surface area contributed by atoms with Crippen LogP contribution in [0.5, 0.6) is 0 Å². The molecule has 0 spiro atoms. The highest BCUT2D eigenvalue weighted by molar-refractivity contribution is 4.96. The van der Waals surface area contributed by atoms with Crippen LogP contribution in [0.3, 0.4) is 0 Å². The number of rotatable bonds is 10. The maximum Gasteiger partial charge on any atom is 0.187 e. The summed E-state index contributed by atoms with van der Waals surface area (Å²) in [6.45, 7) is -3.16. The molecule has 4 saturated heterocycles. The Kier molecular flexibility index (Phi) is 12.8. The van der Waals surface area contributed by atoms with E-state index in [-0.39, 0.29) is 0 Å². The highest BCUT2D eigenvalue weighted by atomic mass is 16.8. The van der Waals surface area contributed by atoms with Crippen molar-refractivity contribution >= 4 is 0 Å². The van der Waals surface area contributed by atoms with E-state index in [4.69, 9.17) is 33.2 Å². The minimum Gasteiger partial charge on any atom is -0.394 e. The van der Waals surface area contributed by atoms with Gasteiger partial charge in [0.2, 0.25) is 0 Å². The van der Waals surface area contributed by atoms with Gasteiger partial charge >= 0.3 is 0 Å². The quantitative estimate of drug-likeness (QED) is 0.103. The molecule has 4 rings (SSSR count). The summed E-state index contributed by atoms with van der Waals surface area (Å²) in [7, 11) is 0. The van der Waals surface area contributed by atoms with Gasteiger partial charge in [-0.2, -0.15) is 0 Å². The first kappa shape index (κ1) is 37.0. The monoisotopic (exact) mass is 666 g/mol. The molecule has 0 amide bonds. The first-order valence-corrected chi connectivity index (χ1v) is 14.1. The van der Waals surface area contributed by atoms with Crippen LogP contribution in [-0.2, 0) is 33.2 Å². The number of aliphatic hydroxyl groups excluding tert-OH is 14. The fourth-order valence-corrected chi connectivity index (χ4v) is 5.43. The average Bonchev–Trinajstić information content (AvgIpc) is 3.02. The molecule has 45 heavy (non-hydrogen) atoms. The van der Waals surface area contributed by atoms with Crippen LogP contribution < -0.4 is 0 Å². The van der Waals surface area contributed by atoms with E-state index in [2.05, 4.69) is 0 Å². The van der Waals surface area contributed by atoms with Crippen molar-refractivity contribution in [2.75, 3.05) is 26.4 Å². The van der Waals surface area contributed by atoms with Crippen molar-refractivity contribution in [3.63, 3.8) is 0 Å². The predicted molar refractivity (Wildman–Crippen MR) is 134 cm³/mol. The Labute approximate surface area is 254 Å². The van der Waals surface area contributed by atoms with Gasteiger partial charge in [0.15, 0.2) is 25.2 Å². The standard InChI is InChI=1S/C24H42O21/c25-1-5-9(28)13(32)15(34)23(42-5)44-19-12(31)8(40-21(38)17(19)36)4-39-22-18(37)20(11(30)7(3-27)41-22)45-24-16(35)14(33)10(29)6(2-26)43-24/h5-38H,1-4H2/t5-,6-,7-,8-,9-,10-,11-,12-,13+,14+,15+,16+,17+,18+,19+,20+,21-,22+,23-,24-/m1/s1. The van der Waals surface area contributed by atoms with E-state index in [1.165, 1.54) is 0 Å². The average molecular weight is 667 g/mol. The molecule has 0 unspecified atom stereocenters. The number of aliphatic hydroxyl groups is 14. The first-order chi connectivity index (χ1) is 21.2. The molecule has 21 nitrogen and oxygen atoms in total. The summed E-state index contributed by atoms with van der Waals surface area (Å²) < 4.78 is 37.4. The molecule has 20 atom stereocenters. The van der Waals surface area contributed by atoms with E-state index in [0.29, 0.717) is 0 Å². The molecule has 0 aliphatic carbocycles. The third kappa shape index (κ3) is 7.59. The van der Waals surface area contributed by atoms with Crippen molar-refractivity contribution in [3.05, 3.63) is 0 Å². The zero-order valence-electron chi connectivity index (χ0n) is 23.5. The van der Waals surface area contributed by atoms with Crippen LogP contribution in [0.1, 0.15) is 0 Å². The van der Waals surface area contributed by atoms with Gasteiger partial charge in [-0.15, -0.1) is 0 Å². The maximum atomic E-state index is 10.9. The topological polar surface area (TPSA) is 348 Å². The minimum atomic E-state index is -2.02. The lowest BCUT2D eigenvalue weighted by atomic mass is 9.96. The molecule has 4 fully saturated rings. The van der Waals surface area contributed by atoms with Crippen LogP contribution in [0.2, 0.25) is 0 Å². The first-order valence-electron chi connectivity index (χ1n) is 14.1. The van der Waals surface area contributed by atoms with Gasteiger partial charge in [-0.25, -0.2) is 0 Å². The van der Waals surface area contributed by atoms with Crippen LogP contribution in [0.15, 0.2) is 0 Å². The van der Waals surface area contributed by atoms with Gasteiger partial charge in [0.05, 0.1) is 26.4 Å². The van der Waals surface area contributed by atoms with Gasteiger partial charge in [0.1, 0.15) is 97.7 Å². The van der Waals surface area contributed by atoms with Gasteiger partial charge in [-0.05, 0) is 0 Å². The van der Waals surface area contributed by atoms with E-state index in [1.807, 2.05) is 0 Å². The molecule has 4 aliphatic rings. The van der Waals surface area contributed by atoms with E-state index < -0.39 is 149 Å². The van der Waals surface area contributed by atoms with Crippen molar-refractivity contribution in [3.8, 4) is 0 Å². The summed E-state index contributed by atoms with van der Waals surface area (Å²) in [5.74, 6) is 0. The Bertz CT molecular complexity index is 914. The lowest BCUT2D eigenvalue weighted by Gasteiger charge is -2.47. The number of hydrogen-bond acceptors (Lipinski definition) is 21. The molecule has 21 heteroatoms. The fourth-order valence-electron chi connectivity index (χ4n) is 5.43. The zero-order valence-corrected chi connectivity index (χ0v) is 23.5. The Balaban J connectivity index is 1.43. The lowest BCUT2D eigenvalue weighted by molar-refractivity contribution is -0.371. The van der Waals surface area contributed by atoms with Crippen molar-refractivity contribution in [2.45, 2.75) is 123 Å². The van der Waals surface area contributed by atoms with Crippen LogP contribution >= 0.6 is 0 Å². The van der Waals surface area contributed by atoms with E-state index in [9.17, 15) is 71.5 Å². The second-order valence-electron chi connectivity index (χ2n) is 11.2. The molecule has 264 valence electrons. The van der Waals surface area contributed by atoms with Crippen molar-refractivity contribution in [2.24, 2.45) is 0 Å². The van der Waals surface area contributed by atoms with Crippen molar-refractivity contribution in [1.29, 1.82) is 0 Å². The molecule has 0 saturated carbocycles. The summed E-state index contributed by atoms with van der Waals surface area (Å²) in [6, 6.07) is 0. The Morgan fingerprint density at radius 1 is 0.378 bits per heavy atom. The molecule has 4 heterocycles. The van der Waals surface area contributed by atoms with Crippen molar-refractivity contribution < 1.29 is 105 Å². The van der Waals surface area contributed by atoms with E-state index in [0.717, 1.165) is 0 Å². The summed E-state index contributed by atoms with van der Waals surface area (Å²) in [5, 5.41) is 142. The highest BCUT2D eigenvalue weighted by Gasteiger charge is 2.53. The summed E-state index contributed by atoms with van der Waals surface area (Å²) in [6.07, 6.45) is -35.2. The number of hydrogen-bond donors (Lipinski definition) is 14. The molecule has 4 aliphatic heterocycles. The van der Waals surface area contributed by atoms with Gasteiger partial charge in [0.25, 0.3) is 0 Å². The van der Waals surface area contributed by atoms with Crippen LogP contribution in [0.25, 0.3) is 0 Å². The third-order valence-electron chi connectivity index (χ3n) is 8.19. The number of ether oxygens (including phenoxy) is 7. The van der Waals surface area contributed by atoms with Gasteiger partial charge in [-0.1, -0.05) is 0 Å². The molecule has 0 aromatic carbocycles. The van der Waals surface area contributed by atoms with E-state index >= 15 is 0 Å².